The van der Waals surface area contributed by atoms with Crippen molar-refractivity contribution in [2.75, 3.05) is 12.4 Å². The summed E-state index contributed by atoms with van der Waals surface area (Å²) in [6.07, 6.45) is 0.280. The smallest absolute Gasteiger partial charge is 0.310 e. The molecule has 0 unspecified atom stereocenters. The van der Waals surface area contributed by atoms with Crippen LogP contribution >= 0.6 is 11.8 Å². The topological polar surface area (TPSA) is 43.4 Å². The normalized spacial score (nSPS) is 10.0. The van der Waals surface area contributed by atoms with E-state index in [2.05, 4.69) is 0 Å². The molecule has 0 saturated heterocycles. The Balaban J connectivity index is 2.59. The van der Waals surface area contributed by atoms with Gasteiger partial charge in [0.1, 0.15) is 5.78 Å². The molecule has 0 aliphatic rings. The van der Waals surface area contributed by atoms with Crippen molar-refractivity contribution in [3.05, 3.63) is 29.8 Å². The van der Waals surface area contributed by atoms with Crippen LogP contribution in [0.1, 0.15) is 19.4 Å². The molecular formula is C13H16O3S. The average molecular weight is 252 g/mol. The van der Waals surface area contributed by atoms with Crippen molar-refractivity contribution in [1.82, 2.24) is 0 Å². The minimum Gasteiger partial charge on any atom is -0.466 e. The lowest BCUT2D eigenvalue weighted by molar-refractivity contribution is -0.142. The predicted octanol–water partition coefficient (Wildman–Crippen LogP) is 2.47. The first-order valence-corrected chi connectivity index (χ1v) is 6.47. The second-order valence-corrected chi connectivity index (χ2v) is 4.67. The van der Waals surface area contributed by atoms with Crippen molar-refractivity contribution in [3.63, 3.8) is 0 Å². The molecule has 0 atom stereocenters. The number of esters is 1. The molecule has 0 spiro atoms. The van der Waals surface area contributed by atoms with Gasteiger partial charge in [0.15, 0.2) is 0 Å². The van der Waals surface area contributed by atoms with E-state index in [1.165, 1.54) is 11.8 Å². The largest absolute Gasteiger partial charge is 0.466 e. The van der Waals surface area contributed by atoms with Gasteiger partial charge in [-0.05, 0) is 31.5 Å². The molecule has 0 aliphatic heterocycles. The van der Waals surface area contributed by atoms with Gasteiger partial charge in [0.05, 0.1) is 18.8 Å². The van der Waals surface area contributed by atoms with Crippen LogP contribution in [0.2, 0.25) is 0 Å². The summed E-state index contributed by atoms with van der Waals surface area (Å²) >= 11 is 1.48. The number of rotatable bonds is 6. The van der Waals surface area contributed by atoms with Gasteiger partial charge < -0.3 is 4.74 Å². The Kier molecular flexibility index (Phi) is 5.77. The van der Waals surface area contributed by atoms with E-state index < -0.39 is 0 Å². The minimum absolute atomic E-state index is 0.144. The summed E-state index contributed by atoms with van der Waals surface area (Å²) in [5.74, 6) is 0.384. The summed E-state index contributed by atoms with van der Waals surface area (Å²) in [5.41, 5.74) is 0.914. The van der Waals surface area contributed by atoms with E-state index in [1.54, 1.807) is 13.8 Å². The Morgan fingerprint density at radius 3 is 2.76 bits per heavy atom. The summed E-state index contributed by atoms with van der Waals surface area (Å²) in [4.78, 5) is 23.2. The molecule has 0 N–H and O–H groups in total. The Bertz CT molecular complexity index is 401. The molecule has 0 aromatic heterocycles. The molecule has 0 aliphatic carbocycles. The number of ketones is 1. The maximum atomic E-state index is 11.3. The third kappa shape index (κ3) is 5.54. The van der Waals surface area contributed by atoms with Gasteiger partial charge in [0, 0.05) is 4.90 Å². The lowest BCUT2D eigenvalue weighted by Gasteiger charge is -2.04. The molecule has 0 fully saturated rings. The van der Waals surface area contributed by atoms with Crippen LogP contribution in [-0.2, 0) is 20.7 Å². The first-order chi connectivity index (χ1) is 8.11. The van der Waals surface area contributed by atoms with Gasteiger partial charge in [-0.25, -0.2) is 0 Å². The molecule has 0 heterocycles. The van der Waals surface area contributed by atoms with E-state index in [0.717, 1.165) is 10.5 Å². The highest BCUT2D eigenvalue weighted by Crippen LogP contribution is 2.19. The fraction of sp³-hybridized carbons (Fsp3) is 0.385. The van der Waals surface area contributed by atoms with E-state index in [1.807, 2.05) is 24.3 Å². The average Bonchev–Trinajstić information content (AvgIpc) is 2.27. The molecule has 1 aromatic carbocycles. The number of Topliss-reactive ketones (excluding diaryl/α,β-unsaturated/α-hetero) is 1. The zero-order valence-electron chi connectivity index (χ0n) is 10.1. The number of hydrogen-bond donors (Lipinski definition) is 0. The van der Waals surface area contributed by atoms with Crippen LogP contribution in [0.4, 0.5) is 0 Å². The third-order valence-corrected chi connectivity index (χ3v) is 3.13. The Labute approximate surface area is 106 Å². The zero-order valence-corrected chi connectivity index (χ0v) is 10.9. The van der Waals surface area contributed by atoms with Crippen molar-refractivity contribution in [2.45, 2.75) is 25.2 Å². The quantitative estimate of drug-likeness (QED) is 0.576. The molecule has 1 aromatic rings. The number of ether oxygens (including phenoxy) is 1. The SMILES string of the molecule is CCOC(=O)Cc1cccc(SCC(C)=O)c1. The molecule has 17 heavy (non-hydrogen) atoms. The van der Waals surface area contributed by atoms with Crippen LogP contribution in [0, 0.1) is 0 Å². The number of thioether (sulfide) groups is 1. The Hall–Kier alpha value is -1.29. The van der Waals surface area contributed by atoms with Crippen molar-refractivity contribution < 1.29 is 14.3 Å². The standard InChI is InChI=1S/C13H16O3S/c1-3-16-13(15)8-11-5-4-6-12(7-11)17-9-10(2)14/h4-7H,3,8-9H2,1-2H3. The van der Waals surface area contributed by atoms with Crippen LogP contribution < -0.4 is 0 Å². The number of benzene rings is 1. The summed E-state index contributed by atoms with van der Waals surface area (Å²) in [6, 6.07) is 7.62. The van der Waals surface area contributed by atoms with Crippen LogP contribution in [-0.4, -0.2) is 24.1 Å². The maximum Gasteiger partial charge on any atom is 0.310 e. The van der Waals surface area contributed by atoms with Gasteiger partial charge in [0.2, 0.25) is 0 Å². The molecule has 0 amide bonds. The second-order valence-electron chi connectivity index (χ2n) is 3.62. The van der Waals surface area contributed by atoms with Gasteiger partial charge in [0.25, 0.3) is 0 Å². The van der Waals surface area contributed by atoms with Crippen molar-refractivity contribution >= 4 is 23.5 Å². The van der Waals surface area contributed by atoms with Crippen LogP contribution in [0.25, 0.3) is 0 Å². The van der Waals surface area contributed by atoms with Gasteiger partial charge >= 0.3 is 5.97 Å². The Morgan fingerprint density at radius 2 is 2.12 bits per heavy atom. The minimum atomic E-state index is -0.221. The number of carbonyl (C=O) groups excluding carboxylic acids is 2. The second kappa shape index (κ2) is 7.12. The van der Waals surface area contributed by atoms with E-state index >= 15 is 0 Å². The van der Waals surface area contributed by atoms with E-state index in [0.29, 0.717) is 12.4 Å². The van der Waals surface area contributed by atoms with Gasteiger partial charge in [-0.15, -0.1) is 11.8 Å². The first-order valence-electron chi connectivity index (χ1n) is 5.48. The maximum absolute atomic E-state index is 11.3. The van der Waals surface area contributed by atoms with Crippen molar-refractivity contribution in [3.8, 4) is 0 Å². The van der Waals surface area contributed by atoms with Crippen LogP contribution in [0.15, 0.2) is 29.2 Å². The highest BCUT2D eigenvalue weighted by molar-refractivity contribution is 8.00. The third-order valence-electron chi connectivity index (χ3n) is 1.99. The van der Waals surface area contributed by atoms with Crippen LogP contribution in [0.3, 0.4) is 0 Å². The highest BCUT2D eigenvalue weighted by atomic mass is 32.2. The van der Waals surface area contributed by atoms with Crippen molar-refractivity contribution in [2.24, 2.45) is 0 Å². The summed E-state index contributed by atoms with van der Waals surface area (Å²) in [7, 11) is 0. The number of carbonyl (C=O) groups is 2. The summed E-state index contributed by atoms with van der Waals surface area (Å²) < 4.78 is 4.88. The summed E-state index contributed by atoms with van der Waals surface area (Å²) in [5, 5.41) is 0. The summed E-state index contributed by atoms with van der Waals surface area (Å²) in [6.45, 7) is 3.75. The number of hydrogen-bond acceptors (Lipinski definition) is 4. The molecular weight excluding hydrogens is 236 g/mol. The molecule has 3 nitrogen and oxygen atoms in total. The first kappa shape index (κ1) is 13.8. The lowest BCUT2D eigenvalue weighted by Crippen LogP contribution is -2.07. The molecule has 0 saturated carbocycles. The zero-order chi connectivity index (χ0) is 12.7. The van der Waals surface area contributed by atoms with E-state index in [9.17, 15) is 9.59 Å². The highest BCUT2D eigenvalue weighted by Gasteiger charge is 2.05. The van der Waals surface area contributed by atoms with E-state index in [4.69, 9.17) is 4.74 Å². The fourth-order valence-electron chi connectivity index (χ4n) is 1.31. The molecule has 1 rings (SSSR count). The monoisotopic (exact) mass is 252 g/mol. The molecule has 0 bridgehead atoms. The van der Waals surface area contributed by atoms with Crippen LogP contribution in [0.5, 0.6) is 0 Å². The predicted molar refractivity (Wildman–Crippen MR) is 68.2 cm³/mol. The molecule has 4 heteroatoms. The Morgan fingerprint density at radius 1 is 1.35 bits per heavy atom. The molecule has 92 valence electrons. The fourth-order valence-corrected chi connectivity index (χ4v) is 2.09. The van der Waals surface area contributed by atoms with Crippen molar-refractivity contribution in [1.29, 1.82) is 0 Å². The van der Waals surface area contributed by atoms with Gasteiger partial charge in [-0.2, -0.15) is 0 Å². The molecule has 0 radical (unpaired) electrons. The van der Waals surface area contributed by atoms with E-state index in [-0.39, 0.29) is 18.2 Å². The lowest BCUT2D eigenvalue weighted by atomic mass is 10.1. The van der Waals surface area contributed by atoms with Gasteiger partial charge in [-0.3, -0.25) is 9.59 Å². The van der Waals surface area contributed by atoms with Gasteiger partial charge in [-0.1, -0.05) is 12.1 Å².